The van der Waals surface area contributed by atoms with Crippen molar-refractivity contribution in [1.29, 1.82) is 5.26 Å². The van der Waals surface area contributed by atoms with Crippen molar-refractivity contribution in [3.8, 4) is 6.07 Å². The van der Waals surface area contributed by atoms with Crippen molar-refractivity contribution in [3.63, 3.8) is 0 Å². The van der Waals surface area contributed by atoms with Gasteiger partial charge in [0.25, 0.3) is 0 Å². The number of likely N-dealkylation sites (N-methyl/N-ethyl adjacent to an activating group) is 1. The summed E-state index contributed by atoms with van der Waals surface area (Å²) < 4.78 is 0. The summed E-state index contributed by atoms with van der Waals surface area (Å²) in [7, 11) is 0. The first kappa shape index (κ1) is 12.7. The van der Waals surface area contributed by atoms with Gasteiger partial charge in [-0.3, -0.25) is 4.90 Å². The van der Waals surface area contributed by atoms with Gasteiger partial charge in [-0.25, -0.2) is 0 Å². The molecule has 1 atom stereocenters. The summed E-state index contributed by atoms with van der Waals surface area (Å²) in [5.41, 5.74) is 8.45. The topological polar surface area (TPSA) is 56.3 Å². The molecule has 1 unspecified atom stereocenters. The van der Waals surface area contributed by atoms with E-state index in [-0.39, 0.29) is 0 Å². The number of rotatable bonds is 2. The predicted octanol–water partition coefficient (Wildman–Crippen LogP) is 1.67. The molecule has 1 aliphatic rings. The van der Waals surface area contributed by atoms with Gasteiger partial charge in [0.05, 0.1) is 23.0 Å². The molecular weight excluding hydrogens is 224 g/mol. The lowest BCUT2D eigenvalue weighted by Gasteiger charge is -2.40. The van der Waals surface area contributed by atoms with E-state index in [2.05, 4.69) is 29.7 Å². The molecule has 0 bridgehead atoms. The highest BCUT2D eigenvalue weighted by Gasteiger charge is 2.23. The number of nitrogen functional groups attached to an aromatic ring is 1. The molecule has 0 amide bonds. The minimum absolute atomic E-state index is 0.522. The van der Waals surface area contributed by atoms with Crippen LogP contribution in [0.1, 0.15) is 19.4 Å². The number of nitriles is 1. The second kappa shape index (κ2) is 5.28. The van der Waals surface area contributed by atoms with Gasteiger partial charge in [0.1, 0.15) is 0 Å². The number of hydrogen-bond donors (Lipinski definition) is 1. The Kier molecular flexibility index (Phi) is 3.73. The monoisotopic (exact) mass is 244 g/mol. The van der Waals surface area contributed by atoms with Crippen molar-refractivity contribution in [3.05, 3.63) is 23.8 Å². The highest BCUT2D eigenvalue weighted by atomic mass is 15.3. The molecule has 0 aromatic heterocycles. The fourth-order valence-electron chi connectivity index (χ4n) is 2.57. The molecule has 4 heteroatoms. The van der Waals surface area contributed by atoms with Crippen molar-refractivity contribution < 1.29 is 0 Å². The van der Waals surface area contributed by atoms with Crippen molar-refractivity contribution >= 4 is 11.4 Å². The zero-order chi connectivity index (χ0) is 13.1. The number of hydrogen-bond acceptors (Lipinski definition) is 4. The van der Waals surface area contributed by atoms with Crippen molar-refractivity contribution in [2.24, 2.45) is 0 Å². The van der Waals surface area contributed by atoms with Crippen LogP contribution in [-0.4, -0.2) is 37.1 Å². The van der Waals surface area contributed by atoms with Crippen LogP contribution in [-0.2, 0) is 0 Å². The van der Waals surface area contributed by atoms with Crippen LogP contribution in [0, 0.1) is 11.3 Å². The summed E-state index contributed by atoms with van der Waals surface area (Å²) >= 11 is 0. The first-order valence-electron chi connectivity index (χ1n) is 6.44. The van der Waals surface area contributed by atoms with Crippen molar-refractivity contribution in [1.82, 2.24) is 4.90 Å². The van der Waals surface area contributed by atoms with E-state index in [1.807, 2.05) is 12.1 Å². The third-order valence-electron chi connectivity index (χ3n) is 3.67. The van der Waals surface area contributed by atoms with E-state index in [0.717, 1.165) is 37.6 Å². The fourth-order valence-corrected chi connectivity index (χ4v) is 2.57. The van der Waals surface area contributed by atoms with Crippen LogP contribution >= 0.6 is 0 Å². The third-order valence-corrected chi connectivity index (χ3v) is 3.67. The van der Waals surface area contributed by atoms with Gasteiger partial charge in [0.15, 0.2) is 0 Å². The van der Waals surface area contributed by atoms with Gasteiger partial charge in [-0.05, 0) is 31.7 Å². The molecule has 96 valence electrons. The molecule has 0 aliphatic carbocycles. The summed E-state index contributed by atoms with van der Waals surface area (Å²) in [6.45, 7) is 8.50. The number of nitrogens with two attached hydrogens (primary N) is 1. The molecule has 1 aromatic carbocycles. The molecule has 0 spiro atoms. The predicted molar refractivity (Wildman–Crippen MR) is 74.5 cm³/mol. The van der Waals surface area contributed by atoms with Crippen LogP contribution in [0.4, 0.5) is 11.4 Å². The van der Waals surface area contributed by atoms with Gasteiger partial charge in [-0.2, -0.15) is 5.26 Å². The molecule has 18 heavy (non-hydrogen) atoms. The Morgan fingerprint density at radius 1 is 1.44 bits per heavy atom. The molecule has 2 N–H and O–H groups in total. The summed E-state index contributed by atoms with van der Waals surface area (Å²) in [5, 5.41) is 8.97. The van der Waals surface area contributed by atoms with E-state index in [9.17, 15) is 0 Å². The lowest BCUT2D eigenvalue weighted by atomic mass is 10.1. The fraction of sp³-hybridized carbons (Fsp3) is 0.500. The Hall–Kier alpha value is -1.73. The SMILES string of the molecule is CCN1CCN(c2cc(C#N)ccc2N)CC1C. The molecule has 1 fully saturated rings. The van der Waals surface area contributed by atoms with E-state index in [1.165, 1.54) is 0 Å². The Balaban J connectivity index is 2.20. The first-order chi connectivity index (χ1) is 8.65. The Bertz CT molecular complexity index is 463. The standard InChI is InChI=1S/C14H20N4/c1-3-17-6-7-18(10-11(17)2)14-8-12(9-15)4-5-13(14)16/h4-5,8,11H,3,6-7,10,16H2,1-2H3. The summed E-state index contributed by atoms with van der Waals surface area (Å²) in [6.07, 6.45) is 0. The highest BCUT2D eigenvalue weighted by Crippen LogP contribution is 2.26. The van der Waals surface area contributed by atoms with Gasteiger partial charge in [0, 0.05) is 25.7 Å². The summed E-state index contributed by atoms with van der Waals surface area (Å²) in [6, 6.07) is 8.18. The molecule has 2 rings (SSSR count). The molecule has 1 saturated heterocycles. The van der Waals surface area contributed by atoms with E-state index < -0.39 is 0 Å². The lowest BCUT2D eigenvalue weighted by Crippen LogP contribution is -2.51. The maximum Gasteiger partial charge on any atom is 0.0992 e. The lowest BCUT2D eigenvalue weighted by molar-refractivity contribution is 0.199. The third kappa shape index (κ3) is 2.41. The zero-order valence-electron chi connectivity index (χ0n) is 11.1. The average molecular weight is 244 g/mol. The van der Waals surface area contributed by atoms with Gasteiger partial charge in [-0.15, -0.1) is 0 Å². The second-order valence-electron chi connectivity index (χ2n) is 4.81. The van der Waals surface area contributed by atoms with Crippen LogP contribution in [0.25, 0.3) is 0 Å². The molecule has 4 nitrogen and oxygen atoms in total. The van der Waals surface area contributed by atoms with Crippen LogP contribution in [0.5, 0.6) is 0 Å². The quantitative estimate of drug-likeness (QED) is 0.804. The van der Waals surface area contributed by atoms with Crippen LogP contribution in [0.15, 0.2) is 18.2 Å². The highest BCUT2D eigenvalue weighted by molar-refractivity contribution is 5.70. The molecule has 0 saturated carbocycles. The van der Waals surface area contributed by atoms with Gasteiger partial charge >= 0.3 is 0 Å². The van der Waals surface area contributed by atoms with E-state index in [1.54, 1.807) is 6.07 Å². The maximum atomic E-state index is 8.97. The number of piperazine rings is 1. The zero-order valence-corrected chi connectivity index (χ0v) is 11.1. The van der Waals surface area contributed by atoms with E-state index >= 15 is 0 Å². The summed E-state index contributed by atoms with van der Waals surface area (Å²) in [5.74, 6) is 0. The van der Waals surface area contributed by atoms with Crippen LogP contribution in [0.2, 0.25) is 0 Å². The van der Waals surface area contributed by atoms with Crippen LogP contribution in [0.3, 0.4) is 0 Å². The van der Waals surface area contributed by atoms with E-state index in [4.69, 9.17) is 11.0 Å². The van der Waals surface area contributed by atoms with Gasteiger partial charge in [-0.1, -0.05) is 6.92 Å². The second-order valence-corrected chi connectivity index (χ2v) is 4.81. The average Bonchev–Trinajstić information content (AvgIpc) is 2.39. The minimum atomic E-state index is 0.522. The summed E-state index contributed by atoms with van der Waals surface area (Å²) in [4.78, 5) is 4.74. The van der Waals surface area contributed by atoms with Crippen molar-refractivity contribution in [2.45, 2.75) is 19.9 Å². The smallest absolute Gasteiger partial charge is 0.0992 e. The number of anilines is 2. The Labute approximate surface area is 109 Å². The molecule has 0 radical (unpaired) electrons. The Morgan fingerprint density at radius 2 is 2.22 bits per heavy atom. The number of nitrogens with zero attached hydrogens (tertiary/aromatic N) is 3. The molecule has 1 aromatic rings. The number of benzene rings is 1. The Morgan fingerprint density at radius 3 is 2.83 bits per heavy atom. The van der Waals surface area contributed by atoms with Gasteiger partial charge < -0.3 is 10.6 Å². The normalized spacial score (nSPS) is 20.7. The molecule has 1 aliphatic heterocycles. The van der Waals surface area contributed by atoms with E-state index in [0.29, 0.717) is 11.6 Å². The largest absolute Gasteiger partial charge is 0.397 e. The van der Waals surface area contributed by atoms with Crippen molar-refractivity contribution in [2.75, 3.05) is 36.8 Å². The first-order valence-corrected chi connectivity index (χ1v) is 6.44. The molecule has 1 heterocycles. The van der Waals surface area contributed by atoms with Gasteiger partial charge in [0.2, 0.25) is 0 Å². The molecular formula is C14H20N4. The van der Waals surface area contributed by atoms with Crippen LogP contribution < -0.4 is 10.6 Å². The maximum absolute atomic E-state index is 8.97. The minimum Gasteiger partial charge on any atom is -0.397 e.